The molecule has 0 atom stereocenters. The van der Waals surface area contributed by atoms with Gasteiger partial charge in [0.15, 0.2) is 5.69 Å². The van der Waals surface area contributed by atoms with E-state index in [1.807, 2.05) is 0 Å². The van der Waals surface area contributed by atoms with Crippen molar-refractivity contribution in [1.29, 1.82) is 0 Å². The van der Waals surface area contributed by atoms with E-state index in [9.17, 15) is 21.6 Å². The van der Waals surface area contributed by atoms with E-state index in [2.05, 4.69) is 9.82 Å². The van der Waals surface area contributed by atoms with Crippen LogP contribution in [0, 0.1) is 13.8 Å². The van der Waals surface area contributed by atoms with Crippen LogP contribution >= 0.6 is 11.6 Å². The van der Waals surface area contributed by atoms with Crippen molar-refractivity contribution in [3.63, 3.8) is 0 Å². The number of nitrogens with zero attached hydrogens (tertiary/aromatic N) is 2. The number of aromatic nitrogens is 2. The number of hydrogen-bond donors (Lipinski definition) is 1. The van der Waals surface area contributed by atoms with Crippen molar-refractivity contribution in [2.45, 2.75) is 56.6 Å². The summed E-state index contributed by atoms with van der Waals surface area (Å²) < 4.78 is 67.7. The van der Waals surface area contributed by atoms with Crippen LogP contribution in [0.1, 0.15) is 47.7 Å². The maximum absolute atomic E-state index is 12.9. The Bertz CT molecular complexity index is 983. The molecular weight excluding hydrogens is 415 g/mol. The first-order chi connectivity index (χ1) is 13.0. The van der Waals surface area contributed by atoms with E-state index < -0.39 is 21.9 Å². The Kier molecular flexibility index (Phi) is 5.80. The third-order valence-electron chi connectivity index (χ3n) is 4.68. The van der Waals surface area contributed by atoms with Crippen LogP contribution in [0.15, 0.2) is 23.1 Å². The summed E-state index contributed by atoms with van der Waals surface area (Å²) in [6, 6.07) is 4.20. The largest absolute Gasteiger partial charge is 0.435 e. The number of alkyl halides is 3. The van der Waals surface area contributed by atoms with Gasteiger partial charge in [-0.05, 0) is 62.4 Å². The van der Waals surface area contributed by atoms with Crippen LogP contribution < -0.4 is 4.72 Å². The first-order valence-corrected chi connectivity index (χ1v) is 10.8. The highest BCUT2D eigenvalue weighted by molar-refractivity contribution is 7.89. The van der Waals surface area contributed by atoms with Crippen molar-refractivity contribution >= 4 is 21.6 Å². The van der Waals surface area contributed by atoms with E-state index in [0.717, 1.165) is 18.9 Å². The van der Waals surface area contributed by atoms with Gasteiger partial charge in [-0.1, -0.05) is 11.6 Å². The third-order valence-corrected chi connectivity index (χ3v) is 6.69. The molecule has 1 aromatic heterocycles. The van der Waals surface area contributed by atoms with Gasteiger partial charge >= 0.3 is 6.18 Å². The average Bonchev–Trinajstić information content (AvgIpc) is 3.33. The van der Waals surface area contributed by atoms with Crippen molar-refractivity contribution in [1.82, 2.24) is 14.5 Å². The normalized spacial score (nSPS) is 15.2. The zero-order valence-electron chi connectivity index (χ0n) is 15.5. The lowest BCUT2D eigenvalue weighted by atomic mass is 10.2. The second-order valence-corrected chi connectivity index (χ2v) is 9.21. The van der Waals surface area contributed by atoms with Crippen LogP contribution in [-0.2, 0) is 22.7 Å². The summed E-state index contributed by atoms with van der Waals surface area (Å²) in [5, 5.41) is 4.16. The highest BCUT2D eigenvalue weighted by Crippen LogP contribution is 2.42. The van der Waals surface area contributed by atoms with Gasteiger partial charge in [-0.25, -0.2) is 13.1 Å². The Morgan fingerprint density at radius 3 is 2.50 bits per heavy atom. The Morgan fingerprint density at radius 1 is 1.21 bits per heavy atom. The lowest BCUT2D eigenvalue weighted by Gasteiger charge is -2.12. The van der Waals surface area contributed by atoms with Crippen LogP contribution in [0.3, 0.4) is 0 Å². The molecule has 0 spiro atoms. The Balaban J connectivity index is 1.65. The first-order valence-electron chi connectivity index (χ1n) is 8.90. The summed E-state index contributed by atoms with van der Waals surface area (Å²) in [5.41, 5.74) is 0.848. The molecule has 1 N–H and O–H groups in total. The Morgan fingerprint density at radius 2 is 1.89 bits per heavy atom. The molecule has 0 amide bonds. The number of hydrogen-bond acceptors (Lipinski definition) is 3. The van der Waals surface area contributed by atoms with Gasteiger partial charge in [0, 0.05) is 29.7 Å². The number of halogens is 4. The van der Waals surface area contributed by atoms with Gasteiger partial charge in [0.2, 0.25) is 10.0 Å². The van der Waals surface area contributed by atoms with Crippen molar-refractivity contribution in [2.75, 3.05) is 6.54 Å². The molecule has 1 heterocycles. The highest BCUT2D eigenvalue weighted by atomic mass is 35.5. The molecule has 5 nitrogen and oxygen atoms in total. The molecule has 0 radical (unpaired) electrons. The van der Waals surface area contributed by atoms with E-state index in [1.165, 1.54) is 10.7 Å². The third kappa shape index (κ3) is 4.69. The molecule has 0 saturated heterocycles. The molecular formula is C18H21ClF3N3O2S. The summed E-state index contributed by atoms with van der Waals surface area (Å²) in [6.45, 7) is 3.68. The van der Waals surface area contributed by atoms with E-state index in [0.29, 0.717) is 28.3 Å². The van der Waals surface area contributed by atoms with Gasteiger partial charge in [0.1, 0.15) is 0 Å². The molecule has 28 heavy (non-hydrogen) atoms. The van der Waals surface area contributed by atoms with Crippen molar-refractivity contribution in [3.8, 4) is 0 Å². The van der Waals surface area contributed by atoms with E-state index >= 15 is 0 Å². The standard InChI is InChI=1S/C18H21ClF3N3O2S/c1-11-9-16(12(2)8-14(11)19)28(26,27)23-6-3-7-25-15(13-4-5-13)10-17(24-25)18(20,21)22/h8-10,13,23H,3-7H2,1-2H3. The number of benzene rings is 1. The fourth-order valence-electron chi connectivity index (χ4n) is 3.01. The maximum atomic E-state index is 12.9. The summed E-state index contributed by atoms with van der Waals surface area (Å²) in [5.74, 6) is 0.111. The average molecular weight is 436 g/mol. The SMILES string of the molecule is Cc1cc(S(=O)(=O)NCCCn2nc(C(F)(F)F)cc2C2CC2)c(C)cc1Cl. The predicted octanol–water partition coefficient (Wildman–Crippen LogP) is 4.42. The second kappa shape index (κ2) is 7.68. The molecule has 0 bridgehead atoms. The van der Waals surface area contributed by atoms with Gasteiger partial charge in [0.25, 0.3) is 0 Å². The number of nitrogens with one attached hydrogen (secondary N) is 1. The zero-order valence-corrected chi connectivity index (χ0v) is 17.0. The van der Waals surface area contributed by atoms with Crippen LogP contribution in [0.5, 0.6) is 0 Å². The van der Waals surface area contributed by atoms with Gasteiger partial charge < -0.3 is 0 Å². The van der Waals surface area contributed by atoms with Crippen LogP contribution in [0.25, 0.3) is 0 Å². The molecule has 10 heteroatoms. The zero-order chi connectivity index (χ0) is 20.7. The molecule has 1 saturated carbocycles. The van der Waals surface area contributed by atoms with Crippen molar-refractivity contribution < 1.29 is 21.6 Å². The molecule has 1 fully saturated rings. The predicted molar refractivity (Wildman–Crippen MR) is 99.9 cm³/mol. The number of sulfonamides is 1. The molecule has 2 aromatic rings. The summed E-state index contributed by atoms with van der Waals surface area (Å²) in [6.07, 6.45) is -2.46. The minimum Gasteiger partial charge on any atom is -0.269 e. The lowest BCUT2D eigenvalue weighted by Crippen LogP contribution is -2.26. The molecule has 154 valence electrons. The quantitative estimate of drug-likeness (QED) is 0.655. The smallest absolute Gasteiger partial charge is 0.269 e. The van der Waals surface area contributed by atoms with Gasteiger partial charge in [0.05, 0.1) is 4.90 Å². The molecule has 0 aliphatic heterocycles. The highest BCUT2D eigenvalue weighted by Gasteiger charge is 2.37. The minimum atomic E-state index is -4.49. The van der Waals surface area contributed by atoms with Crippen LogP contribution in [-0.4, -0.2) is 24.7 Å². The molecule has 0 unspecified atom stereocenters. The second-order valence-electron chi connectivity index (χ2n) is 7.07. The molecule has 1 aliphatic rings. The van der Waals surface area contributed by atoms with Crippen molar-refractivity contribution in [3.05, 3.63) is 45.7 Å². The van der Waals surface area contributed by atoms with E-state index in [-0.39, 0.29) is 23.9 Å². The molecule has 1 aromatic carbocycles. The summed E-state index contributed by atoms with van der Waals surface area (Å²) >= 11 is 6.01. The first kappa shape index (κ1) is 21.1. The molecule has 3 rings (SSSR count). The van der Waals surface area contributed by atoms with E-state index in [4.69, 9.17) is 11.6 Å². The van der Waals surface area contributed by atoms with Gasteiger partial charge in [-0.15, -0.1) is 0 Å². The van der Waals surface area contributed by atoms with E-state index in [1.54, 1.807) is 19.9 Å². The molecule has 1 aliphatic carbocycles. The fourth-order valence-corrected chi connectivity index (χ4v) is 4.62. The van der Waals surface area contributed by atoms with Crippen LogP contribution in [0.4, 0.5) is 13.2 Å². The van der Waals surface area contributed by atoms with Gasteiger partial charge in [-0.2, -0.15) is 18.3 Å². The Labute approximate surface area is 166 Å². The monoisotopic (exact) mass is 435 g/mol. The fraction of sp³-hybridized carbons (Fsp3) is 0.500. The topological polar surface area (TPSA) is 64.0 Å². The van der Waals surface area contributed by atoms with Gasteiger partial charge in [-0.3, -0.25) is 4.68 Å². The maximum Gasteiger partial charge on any atom is 0.435 e. The van der Waals surface area contributed by atoms with Crippen LogP contribution in [0.2, 0.25) is 5.02 Å². The summed E-state index contributed by atoms with van der Waals surface area (Å²) in [4.78, 5) is 0.145. The summed E-state index contributed by atoms with van der Waals surface area (Å²) in [7, 11) is -3.74. The number of rotatable bonds is 7. The Hall–Kier alpha value is -1.58. The number of aryl methyl sites for hydroxylation is 3. The minimum absolute atomic E-state index is 0.0920. The van der Waals surface area contributed by atoms with Crippen molar-refractivity contribution in [2.24, 2.45) is 0 Å². The lowest BCUT2D eigenvalue weighted by molar-refractivity contribution is -0.141.